The zero-order valence-corrected chi connectivity index (χ0v) is 18.4. The highest BCUT2D eigenvalue weighted by Crippen LogP contribution is 2.22. The van der Waals surface area contributed by atoms with Gasteiger partial charge in [0.2, 0.25) is 15.9 Å². The van der Waals surface area contributed by atoms with Crippen molar-refractivity contribution in [2.45, 2.75) is 44.0 Å². The average Bonchev–Trinajstić information content (AvgIpc) is 2.61. The van der Waals surface area contributed by atoms with Crippen LogP contribution in [0.15, 0.2) is 53.4 Å². The van der Waals surface area contributed by atoms with Crippen LogP contribution in [0.25, 0.3) is 0 Å². The number of carbonyl (C=O) groups excluding carboxylic acids is 1. The van der Waals surface area contributed by atoms with Gasteiger partial charge >= 0.3 is 0 Å². The molecule has 0 saturated carbocycles. The number of sulfonamides is 1. The SMILES string of the molecule is CN(CC(=O)NCCc1ccc(S(N)(=O)=O)cc1)Cc1ccc(C(C)(C)C)cc1. The van der Waals surface area contributed by atoms with Gasteiger partial charge in [0.05, 0.1) is 11.4 Å². The van der Waals surface area contributed by atoms with E-state index in [1.807, 2.05) is 11.9 Å². The molecular weight excluding hydrogens is 386 g/mol. The van der Waals surface area contributed by atoms with Crippen LogP contribution in [-0.2, 0) is 33.2 Å². The van der Waals surface area contributed by atoms with Crippen LogP contribution in [0.3, 0.4) is 0 Å². The van der Waals surface area contributed by atoms with Crippen molar-refractivity contribution >= 4 is 15.9 Å². The lowest BCUT2D eigenvalue weighted by molar-refractivity contribution is -0.122. The van der Waals surface area contributed by atoms with Crippen LogP contribution in [0.4, 0.5) is 0 Å². The summed E-state index contributed by atoms with van der Waals surface area (Å²) in [6.07, 6.45) is 0.620. The number of likely N-dealkylation sites (N-methyl/N-ethyl adjacent to an activating group) is 1. The molecule has 3 N–H and O–H groups in total. The van der Waals surface area contributed by atoms with Crippen molar-refractivity contribution in [2.24, 2.45) is 5.14 Å². The number of amides is 1. The average molecular weight is 418 g/mol. The minimum absolute atomic E-state index is 0.0417. The van der Waals surface area contributed by atoms with Crippen molar-refractivity contribution < 1.29 is 13.2 Å². The zero-order valence-electron chi connectivity index (χ0n) is 17.6. The maximum Gasteiger partial charge on any atom is 0.238 e. The molecule has 0 spiro atoms. The first kappa shape index (κ1) is 23.1. The molecule has 2 aromatic carbocycles. The van der Waals surface area contributed by atoms with E-state index >= 15 is 0 Å². The fourth-order valence-corrected chi connectivity index (χ4v) is 3.49. The molecule has 29 heavy (non-hydrogen) atoms. The summed E-state index contributed by atoms with van der Waals surface area (Å²) in [5, 5.41) is 7.98. The third-order valence-electron chi connectivity index (χ3n) is 4.67. The van der Waals surface area contributed by atoms with E-state index in [0.29, 0.717) is 26.1 Å². The second-order valence-electron chi connectivity index (χ2n) is 8.41. The van der Waals surface area contributed by atoms with Crippen molar-refractivity contribution in [2.75, 3.05) is 20.1 Å². The Labute approximate surface area is 174 Å². The molecule has 0 atom stereocenters. The fourth-order valence-electron chi connectivity index (χ4n) is 2.97. The van der Waals surface area contributed by atoms with Gasteiger partial charge in [0.1, 0.15) is 0 Å². The third kappa shape index (κ3) is 7.61. The summed E-state index contributed by atoms with van der Waals surface area (Å²) in [7, 11) is -1.76. The summed E-state index contributed by atoms with van der Waals surface area (Å²) in [4.78, 5) is 14.2. The molecule has 158 valence electrons. The van der Waals surface area contributed by atoms with Crippen LogP contribution in [0.1, 0.15) is 37.5 Å². The predicted octanol–water partition coefficient (Wildman–Crippen LogP) is 2.42. The quantitative estimate of drug-likeness (QED) is 0.690. The molecule has 2 aromatic rings. The normalized spacial score (nSPS) is 12.2. The van der Waals surface area contributed by atoms with Crippen molar-refractivity contribution in [1.82, 2.24) is 10.2 Å². The minimum Gasteiger partial charge on any atom is -0.355 e. The topological polar surface area (TPSA) is 92.5 Å². The maximum absolute atomic E-state index is 12.2. The second kappa shape index (κ2) is 9.52. The van der Waals surface area contributed by atoms with Crippen LogP contribution < -0.4 is 10.5 Å². The lowest BCUT2D eigenvalue weighted by Gasteiger charge is -2.20. The first-order valence-electron chi connectivity index (χ1n) is 9.61. The number of hydrogen-bond acceptors (Lipinski definition) is 4. The number of hydrogen-bond donors (Lipinski definition) is 2. The Kier molecular flexibility index (Phi) is 7.57. The molecular formula is C22H31N3O3S. The molecule has 0 aliphatic heterocycles. The van der Waals surface area contributed by atoms with Gasteiger partial charge in [0, 0.05) is 13.1 Å². The highest BCUT2D eigenvalue weighted by atomic mass is 32.2. The van der Waals surface area contributed by atoms with E-state index in [1.165, 1.54) is 23.3 Å². The standard InChI is InChI=1S/C22H31N3O3S/c1-22(2,3)19-9-5-18(6-10-19)15-25(4)16-21(26)24-14-13-17-7-11-20(12-8-17)29(23,27)28/h5-12H,13-16H2,1-4H3,(H,24,26)(H2,23,27,28). The highest BCUT2D eigenvalue weighted by Gasteiger charge is 2.13. The Hall–Kier alpha value is -2.22. The number of nitrogens with zero attached hydrogens (tertiary/aromatic N) is 1. The number of benzene rings is 2. The van der Waals surface area contributed by atoms with Gasteiger partial charge in [-0.1, -0.05) is 57.2 Å². The molecule has 0 radical (unpaired) electrons. The largest absolute Gasteiger partial charge is 0.355 e. The summed E-state index contributed by atoms with van der Waals surface area (Å²) < 4.78 is 22.5. The third-order valence-corrected chi connectivity index (χ3v) is 5.60. The second-order valence-corrected chi connectivity index (χ2v) is 9.97. The number of nitrogens with one attached hydrogen (secondary N) is 1. The molecule has 0 aliphatic carbocycles. The summed E-state index contributed by atoms with van der Waals surface area (Å²) in [6, 6.07) is 14.9. The van der Waals surface area contributed by atoms with Gasteiger partial charge in [0.15, 0.2) is 0 Å². The molecule has 6 nitrogen and oxygen atoms in total. The van der Waals surface area contributed by atoms with Gasteiger partial charge in [-0.3, -0.25) is 9.69 Å². The van der Waals surface area contributed by atoms with E-state index in [1.54, 1.807) is 12.1 Å². The van der Waals surface area contributed by atoms with Crippen molar-refractivity contribution in [3.8, 4) is 0 Å². The first-order chi connectivity index (χ1) is 13.4. The molecule has 0 heterocycles. The fraction of sp³-hybridized carbons (Fsp3) is 0.409. The van der Waals surface area contributed by atoms with E-state index in [2.05, 4.69) is 50.4 Å². The lowest BCUT2D eigenvalue weighted by Crippen LogP contribution is -2.35. The molecule has 0 aromatic heterocycles. The van der Waals surface area contributed by atoms with E-state index in [-0.39, 0.29) is 16.2 Å². The van der Waals surface area contributed by atoms with Gasteiger partial charge in [-0.15, -0.1) is 0 Å². The molecule has 2 rings (SSSR count). The Balaban J connectivity index is 1.76. The van der Waals surface area contributed by atoms with Crippen LogP contribution >= 0.6 is 0 Å². The molecule has 1 amide bonds. The van der Waals surface area contributed by atoms with E-state index < -0.39 is 10.0 Å². The monoisotopic (exact) mass is 417 g/mol. The van der Waals surface area contributed by atoms with E-state index in [4.69, 9.17) is 5.14 Å². The Morgan fingerprint density at radius 1 is 1.00 bits per heavy atom. The van der Waals surface area contributed by atoms with Crippen molar-refractivity contribution in [3.05, 3.63) is 65.2 Å². The number of rotatable bonds is 8. The summed E-state index contributed by atoms with van der Waals surface area (Å²) in [6.45, 7) is 8.06. The number of nitrogens with two attached hydrogens (primary N) is 1. The lowest BCUT2D eigenvalue weighted by atomic mass is 9.87. The van der Waals surface area contributed by atoms with Gasteiger partial charge < -0.3 is 5.32 Å². The Morgan fingerprint density at radius 3 is 2.07 bits per heavy atom. The first-order valence-corrected chi connectivity index (χ1v) is 11.2. The maximum atomic E-state index is 12.2. The molecule has 0 bridgehead atoms. The number of carbonyl (C=O) groups is 1. The summed E-state index contributed by atoms with van der Waals surface area (Å²) in [5.41, 5.74) is 3.52. The van der Waals surface area contributed by atoms with Crippen LogP contribution in [-0.4, -0.2) is 39.4 Å². The van der Waals surface area contributed by atoms with Crippen LogP contribution in [0.5, 0.6) is 0 Å². The number of primary sulfonamides is 1. The van der Waals surface area contributed by atoms with Crippen molar-refractivity contribution in [1.29, 1.82) is 0 Å². The van der Waals surface area contributed by atoms with Gasteiger partial charge in [0.25, 0.3) is 0 Å². The summed E-state index contributed by atoms with van der Waals surface area (Å²) in [5.74, 6) is -0.0417. The molecule has 7 heteroatoms. The Bertz CT molecular complexity index is 915. The van der Waals surface area contributed by atoms with Gasteiger partial charge in [-0.25, -0.2) is 13.6 Å². The highest BCUT2D eigenvalue weighted by molar-refractivity contribution is 7.89. The molecule has 0 fully saturated rings. The van der Waals surface area contributed by atoms with E-state index in [9.17, 15) is 13.2 Å². The molecule has 0 aliphatic rings. The molecule has 0 saturated heterocycles. The van der Waals surface area contributed by atoms with Gasteiger partial charge in [-0.2, -0.15) is 0 Å². The van der Waals surface area contributed by atoms with Crippen molar-refractivity contribution in [3.63, 3.8) is 0 Å². The van der Waals surface area contributed by atoms with Crippen LogP contribution in [0.2, 0.25) is 0 Å². The summed E-state index contributed by atoms with van der Waals surface area (Å²) >= 11 is 0. The minimum atomic E-state index is -3.68. The molecule has 0 unspecified atom stereocenters. The van der Waals surface area contributed by atoms with Gasteiger partial charge in [-0.05, 0) is 47.7 Å². The smallest absolute Gasteiger partial charge is 0.238 e. The van der Waals surface area contributed by atoms with Crippen LogP contribution in [0, 0.1) is 0 Å². The predicted molar refractivity (Wildman–Crippen MR) is 116 cm³/mol. The Morgan fingerprint density at radius 2 is 1.55 bits per heavy atom. The van der Waals surface area contributed by atoms with E-state index in [0.717, 1.165) is 5.56 Å². The zero-order chi connectivity index (χ0) is 21.7.